The SMILES string of the molecule is C=CCCCCCC(N)C(OCC)C1CC1. The molecule has 2 N–H and O–H groups in total. The van der Waals surface area contributed by atoms with E-state index in [1.54, 1.807) is 0 Å². The number of hydrogen-bond donors (Lipinski definition) is 1. The normalized spacial score (nSPS) is 19.4. The van der Waals surface area contributed by atoms with E-state index < -0.39 is 0 Å². The summed E-state index contributed by atoms with van der Waals surface area (Å²) >= 11 is 0. The summed E-state index contributed by atoms with van der Waals surface area (Å²) in [5.41, 5.74) is 6.21. The van der Waals surface area contributed by atoms with E-state index in [1.807, 2.05) is 6.08 Å². The van der Waals surface area contributed by atoms with Crippen LogP contribution in [0.4, 0.5) is 0 Å². The minimum absolute atomic E-state index is 0.246. The summed E-state index contributed by atoms with van der Waals surface area (Å²) in [5.74, 6) is 0.753. The summed E-state index contributed by atoms with van der Waals surface area (Å²) in [6.07, 6.45) is 10.9. The third-order valence-electron chi connectivity index (χ3n) is 3.31. The van der Waals surface area contributed by atoms with Crippen LogP contribution in [0.5, 0.6) is 0 Å². The van der Waals surface area contributed by atoms with Gasteiger partial charge in [-0.2, -0.15) is 0 Å². The smallest absolute Gasteiger partial charge is 0.0753 e. The van der Waals surface area contributed by atoms with E-state index in [1.165, 1.54) is 32.1 Å². The van der Waals surface area contributed by atoms with Crippen LogP contribution in [0.25, 0.3) is 0 Å². The van der Waals surface area contributed by atoms with Gasteiger partial charge in [-0.05, 0) is 44.9 Å². The fourth-order valence-electron chi connectivity index (χ4n) is 2.24. The molecule has 16 heavy (non-hydrogen) atoms. The molecule has 0 aromatic rings. The molecule has 1 fully saturated rings. The molecule has 0 aromatic carbocycles. The maximum atomic E-state index is 6.21. The molecule has 1 aliphatic carbocycles. The molecule has 0 spiro atoms. The van der Waals surface area contributed by atoms with Crippen molar-refractivity contribution in [2.45, 2.75) is 64.0 Å². The molecule has 2 heteroatoms. The molecule has 0 heterocycles. The molecule has 2 nitrogen and oxygen atoms in total. The van der Waals surface area contributed by atoms with Crippen LogP contribution in [0, 0.1) is 5.92 Å². The van der Waals surface area contributed by atoms with E-state index in [0.717, 1.165) is 25.4 Å². The van der Waals surface area contributed by atoms with Crippen molar-refractivity contribution in [1.82, 2.24) is 0 Å². The Bertz CT molecular complexity index is 189. The van der Waals surface area contributed by atoms with Gasteiger partial charge in [0, 0.05) is 12.6 Å². The number of ether oxygens (including phenoxy) is 1. The van der Waals surface area contributed by atoms with Crippen LogP contribution in [0.1, 0.15) is 51.9 Å². The second kappa shape index (κ2) is 7.86. The predicted molar refractivity (Wildman–Crippen MR) is 69.4 cm³/mol. The summed E-state index contributed by atoms with van der Waals surface area (Å²) in [5, 5.41) is 0. The van der Waals surface area contributed by atoms with Crippen LogP contribution in [-0.2, 0) is 4.74 Å². The third-order valence-corrected chi connectivity index (χ3v) is 3.31. The van der Waals surface area contributed by atoms with Crippen molar-refractivity contribution in [2.24, 2.45) is 11.7 Å². The van der Waals surface area contributed by atoms with E-state index in [2.05, 4.69) is 13.5 Å². The van der Waals surface area contributed by atoms with Gasteiger partial charge in [-0.25, -0.2) is 0 Å². The molecule has 0 saturated heterocycles. The number of hydrogen-bond acceptors (Lipinski definition) is 2. The van der Waals surface area contributed by atoms with Crippen molar-refractivity contribution in [3.8, 4) is 0 Å². The van der Waals surface area contributed by atoms with Gasteiger partial charge in [-0.15, -0.1) is 6.58 Å². The van der Waals surface area contributed by atoms with E-state index in [4.69, 9.17) is 10.5 Å². The topological polar surface area (TPSA) is 35.2 Å². The summed E-state index contributed by atoms with van der Waals surface area (Å²) in [4.78, 5) is 0. The number of unbranched alkanes of at least 4 members (excludes halogenated alkanes) is 3. The maximum Gasteiger partial charge on any atom is 0.0753 e. The Hall–Kier alpha value is -0.340. The molecule has 2 unspecified atom stereocenters. The Morgan fingerprint density at radius 1 is 1.38 bits per heavy atom. The monoisotopic (exact) mass is 225 g/mol. The van der Waals surface area contributed by atoms with Crippen molar-refractivity contribution in [2.75, 3.05) is 6.61 Å². The summed E-state index contributed by atoms with van der Waals surface area (Å²) < 4.78 is 5.76. The molecule has 94 valence electrons. The lowest BCUT2D eigenvalue weighted by atomic mass is 10.00. The Kier molecular flexibility index (Phi) is 6.74. The molecule has 1 aliphatic rings. The zero-order valence-electron chi connectivity index (χ0n) is 10.7. The maximum absolute atomic E-state index is 6.21. The molecule has 1 rings (SSSR count). The van der Waals surface area contributed by atoms with E-state index in [9.17, 15) is 0 Å². The largest absolute Gasteiger partial charge is 0.377 e. The first-order chi connectivity index (χ1) is 7.79. The van der Waals surface area contributed by atoms with Gasteiger partial charge in [0.05, 0.1) is 6.10 Å². The first-order valence-corrected chi connectivity index (χ1v) is 6.77. The average molecular weight is 225 g/mol. The molecule has 1 saturated carbocycles. The first-order valence-electron chi connectivity index (χ1n) is 6.77. The molecular formula is C14H27NO. The van der Waals surface area contributed by atoms with E-state index in [0.29, 0.717) is 6.10 Å². The van der Waals surface area contributed by atoms with Gasteiger partial charge in [0.1, 0.15) is 0 Å². The number of nitrogens with two attached hydrogens (primary N) is 1. The highest BCUT2D eigenvalue weighted by atomic mass is 16.5. The lowest BCUT2D eigenvalue weighted by molar-refractivity contribution is 0.0262. The van der Waals surface area contributed by atoms with Gasteiger partial charge in [-0.3, -0.25) is 0 Å². The Morgan fingerprint density at radius 2 is 2.12 bits per heavy atom. The molecular weight excluding hydrogens is 198 g/mol. The van der Waals surface area contributed by atoms with Gasteiger partial charge in [0.2, 0.25) is 0 Å². The van der Waals surface area contributed by atoms with E-state index >= 15 is 0 Å². The highest BCUT2D eigenvalue weighted by molar-refractivity contribution is 4.88. The Balaban J connectivity index is 2.10. The zero-order chi connectivity index (χ0) is 11.8. The van der Waals surface area contributed by atoms with Crippen molar-refractivity contribution in [3.05, 3.63) is 12.7 Å². The zero-order valence-corrected chi connectivity index (χ0v) is 10.7. The second-order valence-corrected chi connectivity index (χ2v) is 4.85. The molecule has 2 atom stereocenters. The summed E-state index contributed by atoms with van der Waals surface area (Å²) in [6.45, 7) is 6.59. The fourth-order valence-corrected chi connectivity index (χ4v) is 2.24. The van der Waals surface area contributed by atoms with Crippen LogP contribution >= 0.6 is 0 Å². The van der Waals surface area contributed by atoms with Gasteiger partial charge >= 0.3 is 0 Å². The second-order valence-electron chi connectivity index (χ2n) is 4.85. The molecule has 0 radical (unpaired) electrons. The van der Waals surface area contributed by atoms with Crippen LogP contribution in [0.2, 0.25) is 0 Å². The highest BCUT2D eigenvalue weighted by Gasteiger charge is 2.35. The van der Waals surface area contributed by atoms with Gasteiger partial charge < -0.3 is 10.5 Å². The number of rotatable bonds is 10. The van der Waals surface area contributed by atoms with Gasteiger partial charge in [-0.1, -0.05) is 18.9 Å². The standard InChI is InChI=1S/C14H27NO/c1-3-5-6-7-8-9-13(15)14(16-4-2)12-10-11-12/h3,12-14H,1,4-11,15H2,2H3. The minimum Gasteiger partial charge on any atom is -0.377 e. The third kappa shape index (κ3) is 5.13. The predicted octanol–water partition coefficient (Wildman–Crippen LogP) is 3.27. The molecule has 0 bridgehead atoms. The van der Waals surface area contributed by atoms with Crippen LogP contribution in [0.15, 0.2) is 12.7 Å². The molecule has 0 amide bonds. The number of allylic oxidation sites excluding steroid dienone is 1. The van der Waals surface area contributed by atoms with Gasteiger partial charge in [0.25, 0.3) is 0 Å². The lowest BCUT2D eigenvalue weighted by Crippen LogP contribution is -2.38. The quantitative estimate of drug-likeness (QED) is 0.457. The van der Waals surface area contributed by atoms with Crippen LogP contribution < -0.4 is 5.73 Å². The summed E-state index contributed by atoms with van der Waals surface area (Å²) in [6, 6.07) is 0.246. The molecule has 0 aliphatic heterocycles. The van der Waals surface area contributed by atoms with Crippen LogP contribution in [0.3, 0.4) is 0 Å². The lowest BCUT2D eigenvalue weighted by Gasteiger charge is -2.23. The highest BCUT2D eigenvalue weighted by Crippen LogP contribution is 2.36. The summed E-state index contributed by atoms with van der Waals surface area (Å²) in [7, 11) is 0. The Labute approximate surface area is 100 Å². The first kappa shape index (κ1) is 13.7. The van der Waals surface area contributed by atoms with Crippen molar-refractivity contribution >= 4 is 0 Å². The van der Waals surface area contributed by atoms with E-state index in [-0.39, 0.29) is 6.04 Å². The van der Waals surface area contributed by atoms with Crippen LogP contribution in [-0.4, -0.2) is 18.8 Å². The minimum atomic E-state index is 0.246. The van der Waals surface area contributed by atoms with Crippen molar-refractivity contribution < 1.29 is 4.74 Å². The Morgan fingerprint density at radius 3 is 2.69 bits per heavy atom. The van der Waals surface area contributed by atoms with Crippen molar-refractivity contribution in [1.29, 1.82) is 0 Å². The van der Waals surface area contributed by atoms with Crippen molar-refractivity contribution in [3.63, 3.8) is 0 Å². The average Bonchev–Trinajstić information content (AvgIpc) is 3.09. The fraction of sp³-hybridized carbons (Fsp3) is 0.857. The van der Waals surface area contributed by atoms with Gasteiger partial charge in [0.15, 0.2) is 0 Å². The molecule has 0 aromatic heterocycles.